The van der Waals surface area contributed by atoms with E-state index in [4.69, 9.17) is 9.40 Å². The van der Waals surface area contributed by atoms with Crippen LogP contribution in [0.3, 0.4) is 0 Å². The molecule has 31 heavy (non-hydrogen) atoms. The molecular weight excluding hydrogens is 414 g/mol. The van der Waals surface area contributed by atoms with Crippen molar-refractivity contribution < 1.29 is 9.21 Å². The predicted octanol–water partition coefficient (Wildman–Crippen LogP) is 3.25. The molecule has 0 spiro atoms. The summed E-state index contributed by atoms with van der Waals surface area (Å²) in [6.07, 6.45) is 3.95. The van der Waals surface area contributed by atoms with Crippen LogP contribution in [0.4, 0.5) is 0 Å². The van der Waals surface area contributed by atoms with Gasteiger partial charge in [0.15, 0.2) is 0 Å². The molecule has 1 atom stereocenters. The Kier molecular flexibility index (Phi) is 4.10. The Morgan fingerprint density at radius 1 is 1.13 bits per heavy atom. The molecule has 0 radical (unpaired) electrons. The maximum absolute atomic E-state index is 13.4. The second kappa shape index (κ2) is 7.10. The maximum atomic E-state index is 13.4. The van der Waals surface area contributed by atoms with E-state index < -0.39 is 6.04 Å². The normalized spacial score (nSPS) is 15.9. The van der Waals surface area contributed by atoms with Crippen molar-refractivity contribution in [2.45, 2.75) is 12.5 Å². The van der Waals surface area contributed by atoms with Gasteiger partial charge >= 0.3 is 11.8 Å². The first-order valence-corrected chi connectivity index (χ1v) is 10.5. The molecule has 9 nitrogen and oxygen atoms in total. The topological polar surface area (TPSA) is 114 Å². The number of aromatic nitrogens is 6. The van der Waals surface area contributed by atoms with Crippen molar-refractivity contribution in [2.24, 2.45) is 0 Å². The van der Waals surface area contributed by atoms with E-state index >= 15 is 0 Å². The van der Waals surface area contributed by atoms with E-state index in [1.54, 1.807) is 40.9 Å². The first-order valence-electron chi connectivity index (χ1n) is 9.71. The van der Waals surface area contributed by atoms with Gasteiger partial charge < -0.3 is 14.3 Å². The van der Waals surface area contributed by atoms with Crippen LogP contribution >= 0.6 is 11.3 Å². The molecule has 1 amide bonds. The van der Waals surface area contributed by atoms with Crippen molar-refractivity contribution in [3.63, 3.8) is 0 Å². The van der Waals surface area contributed by atoms with Gasteiger partial charge in [0.2, 0.25) is 0 Å². The Labute approximate surface area is 179 Å². The number of H-pyrrole nitrogens is 1. The number of carbonyl (C=O) groups is 1. The van der Waals surface area contributed by atoms with Crippen molar-refractivity contribution in [1.82, 2.24) is 35.0 Å². The van der Waals surface area contributed by atoms with Crippen LogP contribution in [0, 0.1) is 0 Å². The molecule has 0 saturated heterocycles. The highest BCUT2D eigenvalue weighted by Crippen LogP contribution is 2.38. The molecular formula is C21H15N7O2S. The van der Waals surface area contributed by atoms with Gasteiger partial charge in [-0.2, -0.15) is 0 Å². The monoisotopic (exact) mass is 429 g/mol. The number of pyridine rings is 1. The van der Waals surface area contributed by atoms with E-state index in [1.165, 1.54) is 0 Å². The fourth-order valence-electron chi connectivity index (χ4n) is 3.78. The first kappa shape index (κ1) is 17.9. The summed E-state index contributed by atoms with van der Waals surface area (Å²) in [5.41, 5.74) is 3.22. The number of hydrogen-bond acceptors (Lipinski definition) is 8. The molecule has 0 unspecified atom stereocenters. The number of hydrogen-bond donors (Lipinski definition) is 1. The van der Waals surface area contributed by atoms with Crippen LogP contribution in [0.15, 0.2) is 59.4 Å². The standard InChI is InChI=1S/C21H15N7O2S/c29-21(19-27-26-18(30-19)14-6-3-4-9-22-14)28-10-8-13-16(24-11-23-13)17(28)20-25-12-5-1-2-7-15(12)31-20/h1-7,9,11,17H,8,10H2,(H,23,24)/t17-/m0/s1. The van der Waals surface area contributed by atoms with E-state index in [0.29, 0.717) is 18.7 Å². The van der Waals surface area contributed by atoms with E-state index in [9.17, 15) is 4.79 Å². The maximum Gasteiger partial charge on any atom is 0.312 e. The van der Waals surface area contributed by atoms with Crippen LogP contribution < -0.4 is 0 Å². The molecule has 4 aromatic heterocycles. The van der Waals surface area contributed by atoms with E-state index in [0.717, 1.165) is 26.6 Å². The van der Waals surface area contributed by atoms with Crippen molar-refractivity contribution in [3.8, 4) is 11.6 Å². The average molecular weight is 429 g/mol. The number of carbonyl (C=O) groups excluding carboxylic acids is 1. The summed E-state index contributed by atoms with van der Waals surface area (Å²) >= 11 is 1.55. The van der Waals surface area contributed by atoms with Crippen LogP contribution in [-0.4, -0.2) is 47.5 Å². The summed E-state index contributed by atoms with van der Waals surface area (Å²) in [6.45, 7) is 0.482. The molecule has 0 aliphatic carbocycles. The van der Waals surface area contributed by atoms with Gasteiger partial charge in [0.25, 0.3) is 5.89 Å². The van der Waals surface area contributed by atoms with Crippen molar-refractivity contribution >= 4 is 27.5 Å². The summed E-state index contributed by atoms with van der Waals surface area (Å²) < 4.78 is 6.73. The lowest BCUT2D eigenvalue weighted by atomic mass is 10.0. The number of benzene rings is 1. The highest BCUT2D eigenvalue weighted by atomic mass is 32.1. The number of amides is 1. The summed E-state index contributed by atoms with van der Waals surface area (Å²) in [7, 11) is 0. The van der Waals surface area contributed by atoms with Gasteiger partial charge in [-0.25, -0.2) is 9.97 Å². The quantitative estimate of drug-likeness (QED) is 0.468. The minimum atomic E-state index is -0.426. The lowest BCUT2D eigenvalue weighted by Crippen LogP contribution is -2.41. The number of para-hydroxylation sites is 1. The van der Waals surface area contributed by atoms with Gasteiger partial charge in [-0.3, -0.25) is 9.78 Å². The molecule has 1 N–H and O–H groups in total. The number of thiazole rings is 1. The summed E-state index contributed by atoms with van der Waals surface area (Å²) in [4.78, 5) is 31.8. The van der Waals surface area contributed by atoms with Gasteiger partial charge in [-0.15, -0.1) is 21.5 Å². The third kappa shape index (κ3) is 2.99. The van der Waals surface area contributed by atoms with Gasteiger partial charge in [0, 0.05) is 24.9 Å². The van der Waals surface area contributed by atoms with Crippen LogP contribution in [0.2, 0.25) is 0 Å². The Balaban J connectivity index is 1.40. The first-order chi connectivity index (χ1) is 15.3. The molecule has 10 heteroatoms. The van der Waals surface area contributed by atoms with Crippen LogP contribution in [0.5, 0.6) is 0 Å². The molecule has 5 heterocycles. The zero-order valence-corrected chi connectivity index (χ0v) is 16.9. The second-order valence-electron chi connectivity index (χ2n) is 7.06. The van der Waals surface area contributed by atoms with Gasteiger partial charge in [0.05, 0.1) is 22.2 Å². The SMILES string of the molecule is O=C(c1nnc(-c2ccccn2)o1)N1CCc2[nH]cnc2[C@H]1c1nc2ccccc2s1. The van der Waals surface area contributed by atoms with Crippen molar-refractivity contribution in [1.29, 1.82) is 0 Å². The molecule has 6 rings (SSSR count). The van der Waals surface area contributed by atoms with E-state index in [1.807, 2.05) is 30.3 Å². The summed E-state index contributed by atoms with van der Waals surface area (Å²) in [5.74, 6) is -0.226. The van der Waals surface area contributed by atoms with Crippen LogP contribution in [0.1, 0.15) is 33.1 Å². The number of imidazole rings is 1. The zero-order valence-electron chi connectivity index (χ0n) is 16.1. The fraction of sp³-hybridized carbons (Fsp3) is 0.143. The van der Waals surface area contributed by atoms with E-state index in [2.05, 4.69) is 25.1 Å². The Hall–Kier alpha value is -3.92. The summed E-state index contributed by atoms with van der Waals surface area (Å²) in [5, 5.41) is 8.80. The van der Waals surface area contributed by atoms with Gasteiger partial charge in [0.1, 0.15) is 16.7 Å². The molecule has 1 aliphatic heterocycles. The van der Waals surface area contributed by atoms with Crippen molar-refractivity contribution in [3.05, 3.63) is 77.3 Å². The molecule has 0 saturated carbocycles. The minimum Gasteiger partial charge on any atom is -0.411 e. The fourth-order valence-corrected chi connectivity index (χ4v) is 4.86. The van der Waals surface area contributed by atoms with E-state index in [-0.39, 0.29) is 17.7 Å². The number of rotatable bonds is 3. The molecule has 1 aliphatic rings. The Morgan fingerprint density at radius 2 is 2.03 bits per heavy atom. The molecule has 1 aromatic carbocycles. The molecule has 152 valence electrons. The van der Waals surface area contributed by atoms with Gasteiger partial charge in [-0.05, 0) is 24.3 Å². The van der Waals surface area contributed by atoms with Gasteiger partial charge in [-0.1, -0.05) is 18.2 Å². The Morgan fingerprint density at radius 3 is 2.90 bits per heavy atom. The third-order valence-electron chi connectivity index (χ3n) is 5.22. The zero-order chi connectivity index (χ0) is 20.8. The second-order valence-corrected chi connectivity index (χ2v) is 8.13. The lowest BCUT2D eigenvalue weighted by Gasteiger charge is -2.32. The molecule has 5 aromatic rings. The van der Waals surface area contributed by atoms with Crippen LogP contribution in [-0.2, 0) is 6.42 Å². The number of fused-ring (bicyclic) bond motifs is 2. The summed E-state index contributed by atoms with van der Waals surface area (Å²) in [6, 6.07) is 12.9. The van der Waals surface area contributed by atoms with Crippen molar-refractivity contribution in [2.75, 3.05) is 6.54 Å². The smallest absolute Gasteiger partial charge is 0.312 e. The molecule has 0 bridgehead atoms. The Bertz CT molecular complexity index is 1360. The average Bonchev–Trinajstić information content (AvgIpc) is 3.57. The number of aromatic amines is 1. The highest BCUT2D eigenvalue weighted by molar-refractivity contribution is 7.18. The minimum absolute atomic E-state index is 0.0780. The predicted molar refractivity (Wildman–Crippen MR) is 112 cm³/mol. The van der Waals surface area contributed by atoms with Crippen LogP contribution in [0.25, 0.3) is 21.8 Å². The largest absolute Gasteiger partial charge is 0.411 e. The third-order valence-corrected chi connectivity index (χ3v) is 6.31. The number of nitrogens with zero attached hydrogens (tertiary/aromatic N) is 6. The highest BCUT2D eigenvalue weighted by Gasteiger charge is 2.38. The number of nitrogens with one attached hydrogen (secondary N) is 1. The molecule has 0 fully saturated rings. The lowest BCUT2D eigenvalue weighted by molar-refractivity contribution is 0.0650.